The second-order valence-corrected chi connectivity index (χ2v) is 7.84. The van der Waals surface area contributed by atoms with E-state index in [4.69, 9.17) is 8.94 Å². The maximum Gasteiger partial charge on any atom is 0.393 e. The second-order valence-electron chi connectivity index (χ2n) is 7.84. The van der Waals surface area contributed by atoms with E-state index in [1.54, 1.807) is 32.9 Å². The lowest BCUT2D eigenvalue weighted by Gasteiger charge is -2.33. The predicted molar refractivity (Wildman–Crippen MR) is 103 cm³/mol. The highest BCUT2D eigenvalue weighted by Crippen LogP contribution is 2.38. The first-order valence-corrected chi connectivity index (χ1v) is 9.87. The Morgan fingerprint density at radius 1 is 1.17 bits per heavy atom. The molecule has 0 aromatic carbocycles. The molecule has 3 heterocycles. The number of hydrogen-bond donors (Lipinski definition) is 1. The Morgan fingerprint density at radius 3 is 2.57 bits per heavy atom. The van der Waals surface area contributed by atoms with Gasteiger partial charge in [-0.25, -0.2) is 4.98 Å². The van der Waals surface area contributed by atoms with Crippen molar-refractivity contribution in [1.29, 1.82) is 0 Å². The number of carbonyl (C=O) groups excluding carboxylic acids is 1. The first kappa shape index (κ1) is 20.4. The number of furan rings is 1. The van der Waals surface area contributed by atoms with Crippen LogP contribution < -0.4 is 5.32 Å². The summed E-state index contributed by atoms with van der Waals surface area (Å²) in [6.07, 6.45) is -2.89. The number of carbonyl (C=O) groups is 1. The van der Waals surface area contributed by atoms with Crippen molar-refractivity contribution in [3.05, 3.63) is 34.9 Å². The quantitative estimate of drug-likeness (QED) is 0.624. The van der Waals surface area contributed by atoms with Crippen LogP contribution in [-0.2, 0) is 0 Å². The van der Waals surface area contributed by atoms with E-state index in [9.17, 15) is 18.0 Å². The van der Waals surface area contributed by atoms with E-state index in [1.165, 1.54) is 0 Å². The van der Waals surface area contributed by atoms with Crippen LogP contribution >= 0.6 is 0 Å². The number of rotatable bonds is 3. The molecule has 1 fully saturated rings. The van der Waals surface area contributed by atoms with E-state index >= 15 is 0 Å². The first-order valence-electron chi connectivity index (χ1n) is 9.87. The topological polar surface area (TPSA) is 81.2 Å². The Kier molecular flexibility index (Phi) is 5.07. The molecule has 30 heavy (non-hydrogen) atoms. The van der Waals surface area contributed by atoms with Gasteiger partial charge in [0, 0.05) is 11.6 Å². The van der Waals surface area contributed by atoms with E-state index in [2.05, 4.69) is 15.5 Å². The Balaban J connectivity index is 1.74. The van der Waals surface area contributed by atoms with Crippen LogP contribution in [0.15, 0.2) is 21.1 Å². The van der Waals surface area contributed by atoms with Crippen LogP contribution in [0.3, 0.4) is 0 Å². The molecule has 1 aliphatic carbocycles. The summed E-state index contributed by atoms with van der Waals surface area (Å²) in [4.78, 5) is 17.6. The molecule has 4 rings (SSSR count). The molecule has 3 aromatic rings. The van der Waals surface area contributed by atoms with Gasteiger partial charge in [0.25, 0.3) is 11.6 Å². The zero-order valence-electron chi connectivity index (χ0n) is 16.9. The van der Waals surface area contributed by atoms with Crippen molar-refractivity contribution < 1.29 is 26.9 Å². The summed E-state index contributed by atoms with van der Waals surface area (Å²) in [7, 11) is 0. The largest absolute Gasteiger partial charge is 0.466 e. The molecule has 0 radical (unpaired) electrons. The van der Waals surface area contributed by atoms with Crippen molar-refractivity contribution >= 4 is 17.0 Å². The third kappa shape index (κ3) is 3.68. The number of halogens is 3. The third-order valence-corrected chi connectivity index (χ3v) is 5.68. The zero-order chi connectivity index (χ0) is 21.6. The van der Waals surface area contributed by atoms with Gasteiger partial charge >= 0.3 is 6.18 Å². The fraction of sp³-hybridized carbons (Fsp3) is 0.476. The van der Waals surface area contributed by atoms with Crippen molar-refractivity contribution in [3.8, 4) is 11.3 Å². The predicted octanol–water partition coefficient (Wildman–Crippen LogP) is 5.26. The molecule has 3 aromatic heterocycles. The summed E-state index contributed by atoms with van der Waals surface area (Å²) in [5, 5.41) is 6.90. The van der Waals surface area contributed by atoms with Crippen LogP contribution in [0.5, 0.6) is 0 Å². The van der Waals surface area contributed by atoms with Gasteiger partial charge in [0.1, 0.15) is 11.5 Å². The van der Waals surface area contributed by atoms with Crippen molar-refractivity contribution in [2.45, 2.75) is 58.7 Å². The highest BCUT2D eigenvalue weighted by Gasteiger charge is 2.46. The van der Waals surface area contributed by atoms with Gasteiger partial charge in [-0.3, -0.25) is 4.79 Å². The summed E-state index contributed by atoms with van der Waals surface area (Å²) >= 11 is 0. The zero-order valence-corrected chi connectivity index (χ0v) is 16.9. The van der Waals surface area contributed by atoms with Crippen LogP contribution in [0.1, 0.15) is 53.3 Å². The van der Waals surface area contributed by atoms with Gasteiger partial charge in [-0.15, -0.1) is 0 Å². The maximum absolute atomic E-state index is 13.4. The molecule has 0 aliphatic heterocycles. The Bertz CT molecular complexity index is 1100. The first-order chi connectivity index (χ1) is 14.1. The molecule has 1 aliphatic rings. The molecule has 2 atom stereocenters. The number of nitrogens with one attached hydrogen (secondary N) is 1. The molecule has 6 nitrogen and oxygen atoms in total. The van der Waals surface area contributed by atoms with Gasteiger partial charge in [0.2, 0.25) is 0 Å². The molecule has 1 N–H and O–H groups in total. The number of fused-ring (bicyclic) bond motifs is 1. The van der Waals surface area contributed by atoms with Gasteiger partial charge < -0.3 is 14.3 Å². The average Bonchev–Trinajstić information content (AvgIpc) is 3.22. The minimum Gasteiger partial charge on any atom is -0.466 e. The monoisotopic (exact) mass is 421 g/mol. The number of aromatic nitrogens is 2. The number of nitrogens with zero attached hydrogens (tertiary/aromatic N) is 2. The van der Waals surface area contributed by atoms with Gasteiger partial charge in [0.05, 0.1) is 28.3 Å². The lowest BCUT2D eigenvalue weighted by atomic mass is 9.84. The number of pyridine rings is 1. The van der Waals surface area contributed by atoms with E-state index in [1.807, 2.05) is 0 Å². The molecule has 9 heteroatoms. The van der Waals surface area contributed by atoms with Crippen LogP contribution in [-0.4, -0.2) is 28.3 Å². The molecular formula is C21H22F3N3O3. The van der Waals surface area contributed by atoms with Gasteiger partial charge in [-0.05, 0) is 45.7 Å². The Morgan fingerprint density at radius 2 is 1.90 bits per heavy atom. The summed E-state index contributed by atoms with van der Waals surface area (Å²) in [6.45, 7) is 5.23. The SMILES string of the molecule is Cc1cc(-c2cc(C(=O)NC3CCCCC3C(F)(F)F)c3c(C)noc3n2)c(C)o1. The molecule has 0 spiro atoms. The van der Waals surface area contributed by atoms with E-state index in [0.29, 0.717) is 53.1 Å². The Labute approximate surface area is 170 Å². The van der Waals surface area contributed by atoms with Gasteiger partial charge in [-0.2, -0.15) is 13.2 Å². The van der Waals surface area contributed by atoms with E-state index in [-0.39, 0.29) is 17.7 Å². The minimum absolute atomic E-state index is 0.0191. The lowest BCUT2D eigenvalue weighted by molar-refractivity contribution is -0.187. The van der Waals surface area contributed by atoms with Crippen molar-refractivity contribution in [1.82, 2.24) is 15.5 Å². The number of aryl methyl sites for hydroxylation is 3. The van der Waals surface area contributed by atoms with Crippen molar-refractivity contribution in [2.24, 2.45) is 5.92 Å². The smallest absolute Gasteiger partial charge is 0.393 e. The molecule has 0 saturated heterocycles. The minimum atomic E-state index is -4.35. The van der Waals surface area contributed by atoms with Crippen LogP contribution in [0.4, 0.5) is 13.2 Å². The standard InChI is InChI=1S/C21H22F3N3O3/c1-10-8-13(12(3)29-10)17-9-14(18-11(2)27-30-20(18)26-17)19(28)25-16-7-5-4-6-15(16)21(22,23)24/h8-9,15-16H,4-7H2,1-3H3,(H,25,28). The molecule has 1 amide bonds. The number of alkyl halides is 3. The molecule has 0 bridgehead atoms. The highest BCUT2D eigenvalue weighted by molar-refractivity contribution is 6.07. The fourth-order valence-electron chi connectivity index (χ4n) is 4.24. The normalized spacial score (nSPS) is 19.9. The average molecular weight is 421 g/mol. The summed E-state index contributed by atoms with van der Waals surface area (Å²) in [5.74, 6) is -0.839. The number of hydrogen-bond acceptors (Lipinski definition) is 5. The molecular weight excluding hydrogens is 399 g/mol. The van der Waals surface area contributed by atoms with E-state index < -0.39 is 24.0 Å². The molecule has 160 valence electrons. The summed E-state index contributed by atoms with van der Waals surface area (Å²) in [6, 6.07) is 2.38. The lowest BCUT2D eigenvalue weighted by Crippen LogP contribution is -2.47. The second kappa shape index (κ2) is 7.45. The van der Waals surface area contributed by atoms with Gasteiger partial charge in [0.15, 0.2) is 0 Å². The highest BCUT2D eigenvalue weighted by atomic mass is 19.4. The van der Waals surface area contributed by atoms with E-state index in [0.717, 1.165) is 0 Å². The summed E-state index contributed by atoms with van der Waals surface area (Å²) in [5.41, 5.74) is 1.92. The van der Waals surface area contributed by atoms with Crippen LogP contribution in [0, 0.1) is 26.7 Å². The fourth-order valence-corrected chi connectivity index (χ4v) is 4.24. The van der Waals surface area contributed by atoms with Crippen molar-refractivity contribution in [2.75, 3.05) is 0 Å². The van der Waals surface area contributed by atoms with Crippen molar-refractivity contribution in [3.63, 3.8) is 0 Å². The summed E-state index contributed by atoms with van der Waals surface area (Å²) < 4.78 is 51.2. The maximum atomic E-state index is 13.4. The molecule has 1 saturated carbocycles. The third-order valence-electron chi connectivity index (χ3n) is 5.68. The van der Waals surface area contributed by atoms with Crippen LogP contribution in [0.2, 0.25) is 0 Å². The number of amides is 1. The van der Waals surface area contributed by atoms with Gasteiger partial charge in [-0.1, -0.05) is 18.0 Å². The van der Waals surface area contributed by atoms with Crippen LogP contribution in [0.25, 0.3) is 22.4 Å². The Hall–Kier alpha value is -2.84. The molecule has 2 unspecified atom stereocenters.